The van der Waals surface area contributed by atoms with Crippen molar-refractivity contribution in [3.63, 3.8) is 0 Å². The van der Waals surface area contributed by atoms with Crippen molar-refractivity contribution in [2.45, 2.75) is 33.5 Å². The van der Waals surface area contributed by atoms with Gasteiger partial charge >= 0.3 is 11.9 Å². The molecule has 0 atom stereocenters. The van der Waals surface area contributed by atoms with Crippen LogP contribution in [-0.2, 0) is 19.1 Å². The monoisotopic (exact) mass is 358 g/mol. The molecule has 0 saturated carbocycles. The topological polar surface area (TPSA) is 77.5 Å². The number of carbonyl (C=O) groups is 2. The van der Waals surface area contributed by atoms with Gasteiger partial charge in [-0.15, -0.1) is 11.3 Å². The minimum Gasteiger partial charge on any atom is -0.419 e. The molecule has 0 amide bonds. The zero-order valence-electron chi connectivity index (χ0n) is 14.4. The molecule has 25 heavy (non-hydrogen) atoms. The number of anilines is 1. The van der Waals surface area contributed by atoms with Crippen molar-refractivity contribution in [3.8, 4) is 10.6 Å². The number of thiazole rings is 1. The average Bonchev–Trinajstić information content (AvgIpc) is 2.85. The number of nitrogens with one attached hydrogen (secondary N) is 1. The molecule has 3 rings (SSSR count). The van der Waals surface area contributed by atoms with Crippen LogP contribution in [-0.4, -0.2) is 22.7 Å². The summed E-state index contributed by atoms with van der Waals surface area (Å²) in [5.41, 5.74) is 2.52. The summed E-state index contributed by atoms with van der Waals surface area (Å²) in [6, 6.07) is 7.57. The Morgan fingerprint density at radius 3 is 2.44 bits per heavy atom. The number of benzene rings is 1. The number of aromatic nitrogens is 1. The van der Waals surface area contributed by atoms with Crippen LogP contribution in [0.1, 0.15) is 24.4 Å². The molecule has 1 aromatic carbocycles. The molecule has 0 aliphatic carbocycles. The maximum atomic E-state index is 11.9. The molecule has 0 radical (unpaired) electrons. The van der Waals surface area contributed by atoms with E-state index in [4.69, 9.17) is 9.47 Å². The molecule has 1 fully saturated rings. The lowest BCUT2D eigenvalue weighted by atomic mass is 10.2. The van der Waals surface area contributed by atoms with Crippen molar-refractivity contribution in [3.05, 3.63) is 46.6 Å². The summed E-state index contributed by atoms with van der Waals surface area (Å²) >= 11 is 1.62. The van der Waals surface area contributed by atoms with Crippen molar-refractivity contribution in [2.24, 2.45) is 0 Å². The molecule has 1 saturated heterocycles. The summed E-state index contributed by atoms with van der Waals surface area (Å²) in [7, 11) is 0. The Labute approximate surface area is 149 Å². The second kappa shape index (κ2) is 6.33. The Bertz CT molecular complexity index is 841. The van der Waals surface area contributed by atoms with E-state index in [1.165, 1.54) is 24.9 Å². The van der Waals surface area contributed by atoms with Gasteiger partial charge in [-0.3, -0.25) is 0 Å². The van der Waals surface area contributed by atoms with Crippen LogP contribution in [0.3, 0.4) is 0 Å². The minimum atomic E-state index is -1.24. The molecule has 6 nitrogen and oxygen atoms in total. The zero-order valence-corrected chi connectivity index (χ0v) is 15.2. The second-order valence-electron chi connectivity index (χ2n) is 6.12. The fourth-order valence-electron chi connectivity index (χ4n) is 2.27. The lowest BCUT2D eigenvalue weighted by Gasteiger charge is -2.29. The predicted molar refractivity (Wildman–Crippen MR) is 95.0 cm³/mol. The maximum Gasteiger partial charge on any atom is 0.350 e. The van der Waals surface area contributed by atoms with E-state index >= 15 is 0 Å². The molecule has 0 bridgehead atoms. The van der Waals surface area contributed by atoms with Crippen LogP contribution in [0.15, 0.2) is 36.0 Å². The Kier molecular flexibility index (Phi) is 4.34. The van der Waals surface area contributed by atoms with Gasteiger partial charge in [-0.1, -0.05) is 12.1 Å². The first-order valence-electron chi connectivity index (χ1n) is 7.73. The number of cyclic esters (lactones) is 2. The van der Waals surface area contributed by atoms with Crippen LogP contribution < -0.4 is 5.32 Å². The summed E-state index contributed by atoms with van der Waals surface area (Å²) in [6.07, 6.45) is 1.30. The van der Waals surface area contributed by atoms with Gasteiger partial charge in [-0.25, -0.2) is 14.6 Å². The highest BCUT2D eigenvalue weighted by molar-refractivity contribution is 7.15. The normalized spacial score (nSPS) is 16.2. The van der Waals surface area contributed by atoms with Crippen molar-refractivity contribution in [2.75, 3.05) is 5.32 Å². The molecular weight excluding hydrogens is 340 g/mol. The summed E-state index contributed by atoms with van der Waals surface area (Å²) < 4.78 is 10.1. The maximum absolute atomic E-state index is 11.9. The van der Waals surface area contributed by atoms with E-state index in [1.807, 2.05) is 38.1 Å². The third-order valence-corrected chi connectivity index (χ3v) is 4.76. The number of aryl methyl sites for hydroxylation is 2. The quantitative estimate of drug-likeness (QED) is 0.513. The molecule has 7 heteroatoms. The van der Waals surface area contributed by atoms with Gasteiger partial charge in [0.15, 0.2) is 5.57 Å². The average molecular weight is 358 g/mol. The van der Waals surface area contributed by atoms with Crippen LogP contribution in [0.25, 0.3) is 10.6 Å². The van der Waals surface area contributed by atoms with Crippen molar-refractivity contribution in [1.29, 1.82) is 0 Å². The largest absolute Gasteiger partial charge is 0.419 e. The third-order valence-electron chi connectivity index (χ3n) is 3.64. The Hall–Kier alpha value is -2.67. The first-order chi connectivity index (χ1) is 11.7. The lowest BCUT2D eigenvalue weighted by molar-refractivity contribution is -0.222. The standard InChI is InChI=1S/C18H18N2O4S/c1-10-11(2)25-15(20-10)12-6-5-7-13(8-12)19-9-14-16(21)23-18(3,4)24-17(14)22/h5-9,19H,1-4H3. The van der Waals surface area contributed by atoms with Gasteiger partial charge in [-0.2, -0.15) is 0 Å². The smallest absolute Gasteiger partial charge is 0.350 e. The van der Waals surface area contributed by atoms with E-state index in [2.05, 4.69) is 10.3 Å². The highest BCUT2D eigenvalue weighted by atomic mass is 32.1. The number of hydrogen-bond donors (Lipinski definition) is 1. The Morgan fingerprint density at radius 2 is 1.84 bits per heavy atom. The van der Waals surface area contributed by atoms with Crippen LogP contribution >= 0.6 is 11.3 Å². The zero-order chi connectivity index (χ0) is 18.2. The van der Waals surface area contributed by atoms with Crippen LogP contribution in [0.4, 0.5) is 5.69 Å². The number of rotatable bonds is 3. The first kappa shape index (κ1) is 17.2. The fraction of sp³-hybridized carbons (Fsp3) is 0.278. The second-order valence-corrected chi connectivity index (χ2v) is 7.33. The molecule has 1 aliphatic heterocycles. The van der Waals surface area contributed by atoms with E-state index in [0.29, 0.717) is 0 Å². The molecule has 1 N–H and O–H groups in total. The molecule has 2 aromatic rings. The van der Waals surface area contributed by atoms with Gasteiger partial charge in [-0.05, 0) is 26.0 Å². The SMILES string of the molecule is Cc1nc(-c2cccc(NC=C3C(=O)OC(C)(C)OC3=O)c2)sc1C. The lowest BCUT2D eigenvalue weighted by Crippen LogP contribution is -2.42. The number of esters is 2. The van der Waals surface area contributed by atoms with Gasteiger partial charge in [0.25, 0.3) is 5.79 Å². The highest BCUT2D eigenvalue weighted by Gasteiger charge is 2.38. The van der Waals surface area contributed by atoms with Crippen molar-refractivity contribution >= 4 is 29.0 Å². The van der Waals surface area contributed by atoms with Crippen LogP contribution in [0, 0.1) is 13.8 Å². The molecule has 1 aromatic heterocycles. The van der Waals surface area contributed by atoms with Gasteiger partial charge in [0.05, 0.1) is 5.69 Å². The van der Waals surface area contributed by atoms with Gasteiger partial charge < -0.3 is 14.8 Å². The highest BCUT2D eigenvalue weighted by Crippen LogP contribution is 2.29. The predicted octanol–water partition coefficient (Wildman–Crippen LogP) is 3.56. The molecule has 130 valence electrons. The number of ether oxygens (including phenoxy) is 2. The molecule has 2 heterocycles. The molecule has 0 spiro atoms. The van der Waals surface area contributed by atoms with Crippen LogP contribution in [0.2, 0.25) is 0 Å². The van der Waals surface area contributed by atoms with E-state index in [0.717, 1.165) is 22.0 Å². The number of nitrogens with zero attached hydrogens (tertiary/aromatic N) is 1. The van der Waals surface area contributed by atoms with Crippen molar-refractivity contribution < 1.29 is 19.1 Å². The molecular formula is C18H18N2O4S. The van der Waals surface area contributed by atoms with E-state index in [9.17, 15) is 9.59 Å². The Morgan fingerprint density at radius 1 is 1.16 bits per heavy atom. The van der Waals surface area contributed by atoms with Gasteiger partial charge in [0, 0.05) is 36.2 Å². The summed E-state index contributed by atoms with van der Waals surface area (Å²) in [5, 5.41) is 3.87. The number of hydrogen-bond acceptors (Lipinski definition) is 7. The Balaban J connectivity index is 1.81. The van der Waals surface area contributed by atoms with E-state index in [-0.39, 0.29) is 5.57 Å². The third kappa shape index (κ3) is 3.71. The summed E-state index contributed by atoms with van der Waals surface area (Å²) in [5.74, 6) is -2.67. The van der Waals surface area contributed by atoms with Crippen molar-refractivity contribution in [1.82, 2.24) is 4.98 Å². The minimum absolute atomic E-state index is 0.175. The summed E-state index contributed by atoms with van der Waals surface area (Å²) in [6.45, 7) is 7.03. The summed E-state index contributed by atoms with van der Waals surface area (Å²) in [4.78, 5) is 29.6. The molecule has 1 aliphatic rings. The fourth-order valence-corrected chi connectivity index (χ4v) is 3.18. The first-order valence-corrected chi connectivity index (χ1v) is 8.55. The van der Waals surface area contributed by atoms with E-state index < -0.39 is 17.7 Å². The molecule has 0 unspecified atom stereocenters. The van der Waals surface area contributed by atoms with Gasteiger partial charge in [0.1, 0.15) is 5.01 Å². The van der Waals surface area contributed by atoms with Crippen LogP contribution in [0.5, 0.6) is 0 Å². The van der Waals surface area contributed by atoms with E-state index in [1.54, 1.807) is 11.3 Å². The van der Waals surface area contributed by atoms with Gasteiger partial charge in [0.2, 0.25) is 0 Å². The number of carbonyl (C=O) groups excluding carboxylic acids is 2.